The maximum Gasteiger partial charge on any atom is 0.240 e. The van der Waals surface area contributed by atoms with E-state index in [-0.39, 0.29) is 11.8 Å². The molecular formula is C20H24N6O2. The third-order valence-electron chi connectivity index (χ3n) is 3.78. The Bertz CT molecular complexity index is 710. The molecule has 2 amide bonds. The third kappa shape index (κ3) is 9.33. The van der Waals surface area contributed by atoms with Crippen LogP contribution >= 0.6 is 0 Å². The van der Waals surface area contributed by atoms with Gasteiger partial charge in [0.25, 0.3) is 0 Å². The average molecular weight is 380 g/mol. The molecule has 28 heavy (non-hydrogen) atoms. The van der Waals surface area contributed by atoms with Crippen molar-refractivity contribution in [2.45, 2.75) is 38.5 Å². The van der Waals surface area contributed by atoms with Gasteiger partial charge in [0.05, 0.1) is 12.4 Å². The van der Waals surface area contributed by atoms with Crippen molar-refractivity contribution >= 4 is 24.2 Å². The van der Waals surface area contributed by atoms with Crippen molar-refractivity contribution in [1.82, 2.24) is 20.8 Å². The van der Waals surface area contributed by atoms with Crippen LogP contribution < -0.4 is 10.9 Å². The zero-order valence-corrected chi connectivity index (χ0v) is 15.6. The number of nitrogens with one attached hydrogen (secondary N) is 2. The third-order valence-corrected chi connectivity index (χ3v) is 3.78. The Hall–Kier alpha value is -3.42. The highest BCUT2D eigenvalue weighted by Crippen LogP contribution is 2.05. The Morgan fingerprint density at radius 3 is 1.50 bits per heavy atom. The van der Waals surface area contributed by atoms with E-state index >= 15 is 0 Å². The summed E-state index contributed by atoms with van der Waals surface area (Å²) in [5.74, 6) is -0.234. The fourth-order valence-corrected chi connectivity index (χ4v) is 2.29. The van der Waals surface area contributed by atoms with E-state index in [9.17, 15) is 9.59 Å². The second-order valence-electron chi connectivity index (χ2n) is 6.06. The molecule has 0 aliphatic carbocycles. The van der Waals surface area contributed by atoms with E-state index in [1.165, 1.54) is 0 Å². The van der Waals surface area contributed by atoms with Gasteiger partial charge in [0, 0.05) is 37.6 Å². The van der Waals surface area contributed by atoms with Crippen LogP contribution in [0.15, 0.2) is 59.3 Å². The van der Waals surface area contributed by atoms with Gasteiger partial charge in [0.2, 0.25) is 11.8 Å². The number of pyridine rings is 2. The molecule has 0 aliphatic heterocycles. The van der Waals surface area contributed by atoms with E-state index in [2.05, 4.69) is 31.0 Å². The lowest BCUT2D eigenvalue weighted by atomic mass is 10.1. The monoisotopic (exact) mass is 380 g/mol. The molecule has 0 spiro atoms. The van der Waals surface area contributed by atoms with Crippen LogP contribution in [-0.4, -0.2) is 34.2 Å². The summed E-state index contributed by atoms with van der Waals surface area (Å²) in [5.41, 5.74) is 6.75. The minimum absolute atomic E-state index is 0.117. The summed E-state index contributed by atoms with van der Waals surface area (Å²) in [6, 6.07) is 7.21. The molecule has 2 N–H and O–H groups in total. The molecule has 0 saturated heterocycles. The number of rotatable bonds is 11. The Kier molecular flexibility index (Phi) is 9.59. The zero-order valence-electron chi connectivity index (χ0n) is 15.6. The van der Waals surface area contributed by atoms with Crippen molar-refractivity contribution in [2.24, 2.45) is 10.2 Å². The zero-order chi connectivity index (χ0) is 19.9. The molecule has 0 fully saturated rings. The molecule has 2 heterocycles. The number of unbranched alkanes of at least 4 members (excludes halogenated alkanes) is 3. The summed E-state index contributed by atoms with van der Waals surface area (Å²) in [7, 11) is 0. The molecule has 0 aromatic carbocycles. The number of hydrogen-bond acceptors (Lipinski definition) is 6. The van der Waals surface area contributed by atoms with Crippen LogP contribution in [0.2, 0.25) is 0 Å². The lowest BCUT2D eigenvalue weighted by Gasteiger charge is -2.02. The van der Waals surface area contributed by atoms with E-state index in [4.69, 9.17) is 0 Å². The SMILES string of the molecule is O=C(CCCCCCC(=O)NN=Cc1ccncc1)NN=Cc1ccncc1. The fraction of sp³-hybridized carbons (Fsp3) is 0.300. The second-order valence-corrected chi connectivity index (χ2v) is 6.06. The summed E-state index contributed by atoms with van der Waals surface area (Å²) < 4.78 is 0. The van der Waals surface area contributed by atoms with E-state index in [0.29, 0.717) is 12.8 Å². The van der Waals surface area contributed by atoms with Crippen LogP contribution in [-0.2, 0) is 9.59 Å². The van der Waals surface area contributed by atoms with Crippen LogP contribution in [0.3, 0.4) is 0 Å². The van der Waals surface area contributed by atoms with Crippen molar-refractivity contribution in [3.05, 3.63) is 60.2 Å². The van der Waals surface area contributed by atoms with Gasteiger partial charge in [0.1, 0.15) is 0 Å². The van der Waals surface area contributed by atoms with Gasteiger partial charge in [0.15, 0.2) is 0 Å². The molecule has 0 bridgehead atoms. The van der Waals surface area contributed by atoms with Crippen molar-refractivity contribution in [2.75, 3.05) is 0 Å². The molecule has 8 nitrogen and oxygen atoms in total. The lowest BCUT2D eigenvalue weighted by Crippen LogP contribution is -2.17. The van der Waals surface area contributed by atoms with Gasteiger partial charge >= 0.3 is 0 Å². The number of hydrazone groups is 2. The standard InChI is InChI=1S/C20H24N6O2/c27-19(25-23-15-17-7-11-21-12-8-17)5-3-1-2-4-6-20(28)26-24-16-18-9-13-22-14-10-18/h7-16H,1-6H2,(H,25,27)(H,26,28). The molecule has 2 rings (SSSR count). The number of nitrogens with zero attached hydrogens (tertiary/aromatic N) is 4. The van der Waals surface area contributed by atoms with E-state index < -0.39 is 0 Å². The lowest BCUT2D eigenvalue weighted by molar-refractivity contribution is -0.122. The normalized spacial score (nSPS) is 11.0. The summed E-state index contributed by atoms with van der Waals surface area (Å²) in [5, 5.41) is 7.82. The number of carbonyl (C=O) groups is 2. The maximum atomic E-state index is 11.7. The van der Waals surface area contributed by atoms with E-state index in [0.717, 1.165) is 36.8 Å². The first-order chi connectivity index (χ1) is 13.7. The predicted molar refractivity (Wildman–Crippen MR) is 108 cm³/mol. The molecule has 0 radical (unpaired) electrons. The average Bonchev–Trinajstić information content (AvgIpc) is 2.72. The summed E-state index contributed by atoms with van der Waals surface area (Å²) >= 11 is 0. The molecule has 2 aromatic rings. The quantitative estimate of drug-likeness (QED) is 0.354. The highest BCUT2D eigenvalue weighted by atomic mass is 16.2. The molecule has 8 heteroatoms. The first-order valence-electron chi connectivity index (χ1n) is 9.18. The second kappa shape index (κ2) is 12.9. The van der Waals surface area contributed by atoms with Crippen molar-refractivity contribution in [1.29, 1.82) is 0 Å². The van der Waals surface area contributed by atoms with Crippen molar-refractivity contribution < 1.29 is 9.59 Å². The summed E-state index contributed by atoms with van der Waals surface area (Å²) in [6.45, 7) is 0. The smallest absolute Gasteiger partial charge is 0.240 e. The van der Waals surface area contributed by atoms with Crippen LogP contribution in [0.25, 0.3) is 0 Å². The van der Waals surface area contributed by atoms with E-state index in [1.54, 1.807) is 61.5 Å². The molecule has 2 aromatic heterocycles. The van der Waals surface area contributed by atoms with Gasteiger partial charge in [-0.2, -0.15) is 10.2 Å². The van der Waals surface area contributed by atoms with Crippen LogP contribution in [0.4, 0.5) is 0 Å². The van der Waals surface area contributed by atoms with Gasteiger partial charge < -0.3 is 0 Å². The minimum atomic E-state index is -0.117. The highest BCUT2D eigenvalue weighted by molar-refractivity contribution is 5.82. The molecule has 0 aliphatic rings. The van der Waals surface area contributed by atoms with Gasteiger partial charge in [-0.3, -0.25) is 19.6 Å². The van der Waals surface area contributed by atoms with E-state index in [1.807, 2.05) is 0 Å². The van der Waals surface area contributed by atoms with Crippen molar-refractivity contribution in [3.63, 3.8) is 0 Å². The molecular weight excluding hydrogens is 356 g/mol. The van der Waals surface area contributed by atoms with Crippen LogP contribution in [0.1, 0.15) is 49.7 Å². The summed E-state index contributed by atoms with van der Waals surface area (Å²) in [6.07, 6.45) is 13.9. The van der Waals surface area contributed by atoms with Crippen LogP contribution in [0.5, 0.6) is 0 Å². The van der Waals surface area contributed by atoms with Gasteiger partial charge in [-0.1, -0.05) is 12.8 Å². The van der Waals surface area contributed by atoms with Crippen molar-refractivity contribution in [3.8, 4) is 0 Å². The number of amides is 2. The number of carbonyl (C=O) groups excluding carboxylic acids is 2. The van der Waals surface area contributed by atoms with Gasteiger partial charge in [-0.05, 0) is 48.2 Å². The fourth-order valence-electron chi connectivity index (χ4n) is 2.29. The topological polar surface area (TPSA) is 109 Å². The number of hydrogen-bond donors (Lipinski definition) is 2. The largest absolute Gasteiger partial charge is 0.273 e. The minimum Gasteiger partial charge on any atom is -0.273 e. The summed E-state index contributed by atoms with van der Waals surface area (Å²) in [4.78, 5) is 31.2. The molecule has 0 atom stereocenters. The number of aromatic nitrogens is 2. The van der Waals surface area contributed by atoms with Crippen LogP contribution in [0, 0.1) is 0 Å². The van der Waals surface area contributed by atoms with Gasteiger partial charge in [-0.15, -0.1) is 0 Å². The first kappa shape index (κ1) is 20.9. The first-order valence-corrected chi connectivity index (χ1v) is 9.18. The predicted octanol–water partition coefficient (Wildman–Crippen LogP) is 2.42. The Morgan fingerprint density at radius 2 is 1.11 bits per heavy atom. The molecule has 0 saturated carbocycles. The Labute approximate surface area is 164 Å². The highest BCUT2D eigenvalue weighted by Gasteiger charge is 2.02. The maximum absolute atomic E-state index is 11.7. The Morgan fingerprint density at radius 1 is 0.714 bits per heavy atom. The molecule has 0 unspecified atom stereocenters. The van der Waals surface area contributed by atoms with Gasteiger partial charge in [-0.25, -0.2) is 10.9 Å². The molecule has 146 valence electrons. The Balaban J connectivity index is 1.47.